The van der Waals surface area contributed by atoms with Crippen molar-refractivity contribution in [1.29, 1.82) is 0 Å². The number of aryl methyl sites for hydroxylation is 1. The van der Waals surface area contributed by atoms with Gasteiger partial charge < -0.3 is 10.2 Å². The third kappa shape index (κ3) is 9.45. The first-order chi connectivity index (χ1) is 22.0. The lowest BCUT2D eigenvalue weighted by molar-refractivity contribution is -0.140. The van der Waals surface area contributed by atoms with E-state index in [1.807, 2.05) is 61.5 Å². The summed E-state index contributed by atoms with van der Waals surface area (Å²) in [7, 11) is -4.54. The summed E-state index contributed by atoms with van der Waals surface area (Å²) < 4.78 is 70.0. The van der Waals surface area contributed by atoms with Crippen LogP contribution in [0.2, 0.25) is 0 Å². The predicted octanol–water partition coefficient (Wildman–Crippen LogP) is 6.76. The first-order valence-electron chi connectivity index (χ1n) is 15.0. The number of anilines is 1. The zero-order valence-corrected chi connectivity index (χ0v) is 27.5. The Kier molecular flexibility index (Phi) is 10.8. The molecule has 0 aliphatic heterocycles. The molecule has 0 radical (unpaired) electrons. The number of alkyl halides is 3. The lowest BCUT2D eigenvalue weighted by Crippen LogP contribution is -2.56. The fourth-order valence-electron chi connectivity index (χ4n) is 4.98. The lowest BCUT2D eigenvalue weighted by Gasteiger charge is -2.35. The van der Waals surface area contributed by atoms with Crippen molar-refractivity contribution in [3.05, 3.63) is 131 Å². The molecule has 1 N–H and O–H groups in total. The Morgan fingerprint density at radius 1 is 0.787 bits per heavy atom. The molecule has 4 rings (SSSR count). The number of sulfonamides is 1. The van der Waals surface area contributed by atoms with Crippen molar-refractivity contribution >= 4 is 27.5 Å². The van der Waals surface area contributed by atoms with E-state index in [9.17, 15) is 31.2 Å². The molecule has 0 aliphatic rings. The third-order valence-corrected chi connectivity index (χ3v) is 9.10. The van der Waals surface area contributed by atoms with Gasteiger partial charge in [-0.2, -0.15) is 13.2 Å². The van der Waals surface area contributed by atoms with Crippen LogP contribution in [-0.2, 0) is 38.8 Å². The van der Waals surface area contributed by atoms with Crippen LogP contribution >= 0.6 is 0 Å². The fourth-order valence-corrected chi connectivity index (χ4v) is 6.41. The molecule has 4 aromatic rings. The van der Waals surface area contributed by atoms with Crippen molar-refractivity contribution < 1.29 is 31.2 Å². The van der Waals surface area contributed by atoms with Gasteiger partial charge in [-0.3, -0.25) is 13.9 Å². The second-order valence-electron chi connectivity index (χ2n) is 12.3. The molecule has 11 heteroatoms. The topological polar surface area (TPSA) is 86.8 Å². The Hall–Kier alpha value is -4.64. The standard InChI is InChI=1S/C36H38F3N3O4S/c1-26-18-20-28(21-19-26)24-41(32(34(44)40-35(2,3)4)22-27-12-7-5-8-13-27)33(43)25-42(47(45,46)31-16-9-6-10-17-31)30-15-11-14-29(23-30)36(37,38)39/h5-21,23,32H,22,24-25H2,1-4H3,(H,40,44). The summed E-state index contributed by atoms with van der Waals surface area (Å²) in [5.41, 5.74) is 0.343. The Labute approximate surface area is 274 Å². The number of rotatable bonds is 11. The Morgan fingerprint density at radius 2 is 1.38 bits per heavy atom. The summed E-state index contributed by atoms with van der Waals surface area (Å²) in [5.74, 6) is -1.23. The largest absolute Gasteiger partial charge is 0.416 e. The van der Waals surface area contributed by atoms with Crippen molar-refractivity contribution in [2.45, 2.75) is 63.3 Å². The van der Waals surface area contributed by atoms with Gasteiger partial charge in [0, 0.05) is 18.5 Å². The molecule has 0 bridgehead atoms. The van der Waals surface area contributed by atoms with Gasteiger partial charge in [-0.15, -0.1) is 0 Å². The number of carbonyl (C=O) groups is 2. The summed E-state index contributed by atoms with van der Waals surface area (Å²) in [5, 5.41) is 2.95. The quantitative estimate of drug-likeness (QED) is 0.192. The minimum Gasteiger partial charge on any atom is -0.350 e. The van der Waals surface area contributed by atoms with Gasteiger partial charge in [0.25, 0.3) is 10.0 Å². The molecular formula is C36H38F3N3O4S. The van der Waals surface area contributed by atoms with E-state index in [1.54, 1.807) is 26.8 Å². The van der Waals surface area contributed by atoms with Crippen LogP contribution < -0.4 is 9.62 Å². The Balaban J connectivity index is 1.85. The molecule has 0 saturated carbocycles. The maximum absolute atomic E-state index is 14.5. The van der Waals surface area contributed by atoms with E-state index in [1.165, 1.54) is 35.2 Å². The van der Waals surface area contributed by atoms with Gasteiger partial charge in [-0.05, 0) is 69.2 Å². The maximum Gasteiger partial charge on any atom is 0.416 e. The summed E-state index contributed by atoms with van der Waals surface area (Å²) in [6, 6.07) is 26.3. The molecule has 0 fully saturated rings. The van der Waals surface area contributed by atoms with Crippen LogP contribution in [0.25, 0.3) is 0 Å². The van der Waals surface area contributed by atoms with Crippen molar-refractivity contribution in [3.63, 3.8) is 0 Å². The molecule has 7 nitrogen and oxygen atoms in total. The van der Waals surface area contributed by atoms with Crippen molar-refractivity contribution in [3.8, 4) is 0 Å². The van der Waals surface area contributed by atoms with Crippen LogP contribution in [0, 0.1) is 6.92 Å². The maximum atomic E-state index is 14.5. The lowest BCUT2D eigenvalue weighted by atomic mass is 10.0. The summed E-state index contributed by atoms with van der Waals surface area (Å²) in [6.07, 6.45) is -4.65. The second kappa shape index (κ2) is 14.4. The van der Waals surface area contributed by atoms with Crippen molar-refractivity contribution in [2.75, 3.05) is 10.8 Å². The number of amides is 2. The molecular weight excluding hydrogens is 627 g/mol. The van der Waals surface area contributed by atoms with Crippen LogP contribution in [-0.4, -0.2) is 43.3 Å². The van der Waals surface area contributed by atoms with E-state index in [-0.39, 0.29) is 23.5 Å². The first-order valence-corrected chi connectivity index (χ1v) is 16.4. The predicted molar refractivity (Wildman–Crippen MR) is 176 cm³/mol. The summed E-state index contributed by atoms with van der Waals surface area (Å²) >= 11 is 0. The van der Waals surface area contributed by atoms with Gasteiger partial charge in [0.2, 0.25) is 11.8 Å². The average Bonchev–Trinajstić information content (AvgIpc) is 3.02. The van der Waals surface area contributed by atoms with E-state index < -0.39 is 51.7 Å². The fraction of sp³-hybridized carbons (Fsp3) is 0.278. The van der Waals surface area contributed by atoms with Crippen LogP contribution in [0.3, 0.4) is 0 Å². The zero-order chi connectivity index (χ0) is 34.4. The monoisotopic (exact) mass is 665 g/mol. The molecule has 1 unspecified atom stereocenters. The number of benzene rings is 4. The summed E-state index contributed by atoms with van der Waals surface area (Å²) in [6.45, 7) is 6.40. The molecule has 248 valence electrons. The molecule has 0 aliphatic carbocycles. The van der Waals surface area contributed by atoms with Gasteiger partial charge in [-0.25, -0.2) is 8.42 Å². The SMILES string of the molecule is Cc1ccc(CN(C(=O)CN(c2cccc(C(F)(F)F)c2)S(=O)(=O)c2ccccc2)C(Cc2ccccc2)C(=O)NC(C)(C)C)cc1. The number of hydrogen-bond acceptors (Lipinski definition) is 4. The van der Waals surface area contributed by atoms with E-state index in [0.29, 0.717) is 15.9 Å². The van der Waals surface area contributed by atoms with Crippen LogP contribution in [0.15, 0.2) is 114 Å². The normalized spacial score (nSPS) is 12.7. The molecule has 0 saturated heterocycles. The third-order valence-electron chi connectivity index (χ3n) is 7.31. The van der Waals surface area contributed by atoms with E-state index in [2.05, 4.69) is 5.32 Å². The van der Waals surface area contributed by atoms with Gasteiger partial charge >= 0.3 is 6.18 Å². The highest BCUT2D eigenvalue weighted by molar-refractivity contribution is 7.92. The smallest absolute Gasteiger partial charge is 0.350 e. The molecule has 0 spiro atoms. The Bertz CT molecular complexity index is 1770. The van der Waals surface area contributed by atoms with Crippen LogP contribution in [0.5, 0.6) is 0 Å². The molecule has 4 aromatic carbocycles. The van der Waals surface area contributed by atoms with Crippen LogP contribution in [0.4, 0.5) is 18.9 Å². The van der Waals surface area contributed by atoms with Gasteiger partial charge in [0.1, 0.15) is 12.6 Å². The van der Waals surface area contributed by atoms with E-state index >= 15 is 0 Å². The van der Waals surface area contributed by atoms with Gasteiger partial charge in [0.05, 0.1) is 16.1 Å². The highest BCUT2D eigenvalue weighted by Crippen LogP contribution is 2.33. The van der Waals surface area contributed by atoms with E-state index in [4.69, 9.17) is 0 Å². The number of hydrogen-bond donors (Lipinski definition) is 1. The first kappa shape index (κ1) is 35.2. The Morgan fingerprint density at radius 3 is 1.96 bits per heavy atom. The van der Waals surface area contributed by atoms with Crippen LogP contribution in [0.1, 0.15) is 43.0 Å². The molecule has 0 heterocycles. The highest BCUT2D eigenvalue weighted by Gasteiger charge is 2.37. The van der Waals surface area contributed by atoms with Gasteiger partial charge in [-0.1, -0.05) is 84.4 Å². The van der Waals surface area contributed by atoms with Crippen molar-refractivity contribution in [1.82, 2.24) is 10.2 Å². The van der Waals surface area contributed by atoms with Gasteiger partial charge in [0.15, 0.2) is 0 Å². The number of nitrogens with zero attached hydrogens (tertiary/aromatic N) is 2. The minimum atomic E-state index is -4.76. The minimum absolute atomic E-state index is 0.0595. The zero-order valence-electron chi connectivity index (χ0n) is 26.7. The molecule has 47 heavy (non-hydrogen) atoms. The second-order valence-corrected chi connectivity index (χ2v) is 14.2. The molecule has 0 aromatic heterocycles. The highest BCUT2D eigenvalue weighted by atomic mass is 32.2. The average molecular weight is 666 g/mol. The van der Waals surface area contributed by atoms with E-state index in [0.717, 1.165) is 23.3 Å². The number of halogens is 3. The number of carbonyl (C=O) groups excluding carboxylic acids is 2. The summed E-state index contributed by atoms with van der Waals surface area (Å²) in [4.78, 5) is 29.5. The van der Waals surface area contributed by atoms with Crippen molar-refractivity contribution in [2.24, 2.45) is 0 Å². The molecule has 1 atom stereocenters. The molecule has 2 amide bonds. The number of nitrogens with one attached hydrogen (secondary N) is 1.